The third-order valence-corrected chi connectivity index (χ3v) is 5.42. The number of thioether (sulfide) groups is 1. The van der Waals surface area contributed by atoms with Gasteiger partial charge in [0.25, 0.3) is 0 Å². The first kappa shape index (κ1) is 20.9. The third kappa shape index (κ3) is 4.72. The van der Waals surface area contributed by atoms with Crippen molar-refractivity contribution in [3.05, 3.63) is 60.3 Å². The summed E-state index contributed by atoms with van der Waals surface area (Å²) in [5.74, 6) is 3.97. The van der Waals surface area contributed by atoms with Crippen LogP contribution in [-0.4, -0.2) is 38.7 Å². The highest BCUT2D eigenvalue weighted by Crippen LogP contribution is 2.31. The highest BCUT2D eigenvalue weighted by Gasteiger charge is 2.18. The molecule has 0 N–H and O–H groups in total. The van der Waals surface area contributed by atoms with Crippen molar-refractivity contribution < 1.29 is 13.9 Å². The van der Waals surface area contributed by atoms with E-state index in [1.54, 1.807) is 7.11 Å². The van der Waals surface area contributed by atoms with E-state index in [0.717, 1.165) is 27.9 Å². The van der Waals surface area contributed by atoms with Gasteiger partial charge in [0.2, 0.25) is 11.8 Å². The molecule has 0 fully saturated rings. The average Bonchev–Trinajstić information content (AvgIpc) is 3.45. The van der Waals surface area contributed by atoms with Gasteiger partial charge < -0.3 is 13.9 Å². The van der Waals surface area contributed by atoms with E-state index in [4.69, 9.17) is 13.9 Å². The van der Waals surface area contributed by atoms with Crippen LogP contribution < -0.4 is 9.47 Å². The van der Waals surface area contributed by atoms with Crippen LogP contribution in [0.4, 0.5) is 0 Å². The van der Waals surface area contributed by atoms with Crippen LogP contribution in [0.25, 0.3) is 17.1 Å². The predicted octanol–water partition coefficient (Wildman–Crippen LogP) is 4.58. The lowest BCUT2D eigenvalue weighted by atomic mass is 10.2. The molecule has 0 atom stereocenters. The van der Waals surface area contributed by atoms with E-state index in [-0.39, 0.29) is 0 Å². The summed E-state index contributed by atoms with van der Waals surface area (Å²) in [6.07, 6.45) is 0.708. The highest BCUT2D eigenvalue weighted by atomic mass is 32.2. The van der Waals surface area contributed by atoms with Crippen LogP contribution in [0.5, 0.6) is 11.5 Å². The first-order valence-electron chi connectivity index (χ1n) is 9.99. The number of benzene rings is 2. The van der Waals surface area contributed by atoms with Gasteiger partial charge in [-0.3, -0.25) is 4.57 Å². The van der Waals surface area contributed by atoms with Gasteiger partial charge in [0.1, 0.15) is 11.5 Å². The molecule has 4 rings (SSSR count). The van der Waals surface area contributed by atoms with E-state index in [9.17, 15) is 0 Å². The maximum absolute atomic E-state index is 5.63. The highest BCUT2D eigenvalue weighted by molar-refractivity contribution is 7.98. The molecule has 9 heteroatoms. The molecule has 2 aromatic heterocycles. The molecule has 0 aliphatic rings. The molecule has 0 unspecified atom stereocenters. The third-order valence-electron chi connectivity index (χ3n) is 4.50. The molecule has 0 saturated carbocycles. The minimum Gasteiger partial charge on any atom is -0.497 e. The van der Waals surface area contributed by atoms with Gasteiger partial charge in [-0.15, -0.1) is 20.4 Å². The van der Waals surface area contributed by atoms with Gasteiger partial charge in [-0.2, -0.15) is 0 Å². The van der Waals surface area contributed by atoms with Gasteiger partial charge in [0.05, 0.1) is 19.5 Å². The number of rotatable bonds is 9. The summed E-state index contributed by atoms with van der Waals surface area (Å²) in [6, 6.07) is 15.6. The summed E-state index contributed by atoms with van der Waals surface area (Å²) < 4.78 is 18.6. The zero-order valence-corrected chi connectivity index (χ0v) is 18.4. The van der Waals surface area contributed by atoms with Crippen molar-refractivity contribution in [1.82, 2.24) is 25.0 Å². The molecule has 0 bridgehead atoms. The fourth-order valence-corrected chi connectivity index (χ4v) is 3.81. The maximum atomic E-state index is 5.63. The number of ether oxygens (including phenoxy) is 2. The van der Waals surface area contributed by atoms with Gasteiger partial charge in [0.15, 0.2) is 11.0 Å². The van der Waals surface area contributed by atoms with Crippen LogP contribution in [0.3, 0.4) is 0 Å². The Morgan fingerprint density at radius 2 is 1.74 bits per heavy atom. The molecule has 0 amide bonds. The van der Waals surface area contributed by atoms with E-state index in [1.165, 1.54) is 11.8 Å². The van der Waals surface area contributed by atoms with Crippen molar-refractivity contribution in [3.63, 3.8) is 0 Å². The van der Waals surface area contributed by atoms with Crippen LogP contribution in [0.15, 0.2) is 58.1 Å². The van der Waals surface area contributed by atoms with E-state index >= 15 is 0 Å². The lowest BCUT2D eigenvalue weighted by Gasteiger charge is -2.11. The fourth-order valence-electron chi connectivity index (χ4n) is 3.02. The molecule has 0 saturated heterocycles. The molecule has 0 aliphatic carbocycles. The topological polar surface area (TPSA) is 88.1 Å². The Labute approximate surface area is 184 Å². The fraction of sp³-hybridized carbons (Fsp3) is 0.273. The molecule has 2 heterocycles. The molecule has 31 heavy (non-hydrogen) atoms. The minimum absolute atomic E-state index is 0.500. The van der Waals surface area contributed by atoms with Crippen molar-refractivity contribution in [2.45, 2.75) is 31.2 Å². The summed E-state index contributed by atoms with van der Waals surface area (Å²) in [5, 5.41) is 17.8. The zero-order chi connectivity index (χ0) is 21.6. The largest absolute Gasteiger partial charge is 0.497 e. The smallest absolute Gasteiger partial charge is 0.226 e. The number of nitrogens with zero attached hydrogens (tertiary/aromatic N) is 5. The SMILES string of the molecule is CCOc1ccc(-n2c(SCc3nnc(CC)o3)nnc2-c2cccc(OC)c2)cc1. The summed E-state index contributed by atoms with van der Waals surface area (Å²) in [4.78, 5) is 0. The Morgan fingerprint density at radius 1 is 0.935 bits per heavy atom. The van der Waals surface area contributed by atoms with Gasteiger partial charge in [-0.1, -0.05) is 30.8 Å². The van der Waals surface area contributed by atoms with Crippen molar-refractivity contribution in [1.29, 1.82) is 0 Å². The molecule has 0 aliphatic heterocycles. The second-order valence-corrected chi connectivity index (χ2v) is 7.47. The summed E-state index contributed by atoms with van der Waals surface area (Å²) in [6.45, 7) is 4.56. The molecular formula is C22H23N5O3S. The Kier molecular flexibility index (Phi) is 6.51. The molecule has 8 nitrogen and oxygen atoms in total. The van der Waals surface area contributed by atoms with E-state index in [0.29, 0.717) is 36.4 Å². The number of hydrogen-bond donors (Lipinski definition) is 0. The second-order valence-electron chi connectivity index (χ2n) is 6.53. The predicted molar refractivity (Wildman–Crippen MR) is 118 cm³/mol. The molecular weight excluding hydrogens is 414 g/mol. The lowest BCUT2D eigenvalue weighted by molar-refractivity contribution is 0.340. The standard InChI is InChI=1S/C22H23N5O3S/c1-4-19-23-24-20(30-19)14-31-22-26-25-21(15-7-6-8-18(13-15)28-3)27(22)16-9-11-17(12-10-16)29-5-2/h6-13H,4-5,14H2,1-3H3. The van der Waals surface area contributed by atoms with Gasteiger partial charge >= 0.3 is 0 Å². The van der Waals surface area contributed by atoms with Crippen LogP contribution in [0, 0.1) is 0 Å². The summed E-state index contributed by atoms with van der Waals surface area (Å²) >= 11 is 1.49. The van der Waals surface area contributed by atoms with Gasteiger partial charge in [-0.05, 0) is 43.3 Å². The molecule has 160 valence electrons. The molecule has 0 spiro atoms. The van der Waals surface area contributed by atoms with Crippen molar-refractivity contribution in [2.24, 2.45) is 0 Å². The first-order chi connectivity index (χ1) is 15.2. The Bertz CT molecular complexity index is 1140. The Balaban J connectivity index is 1.71. The van der Waals surface area contributed by atoms with Crippen molar-refractivity contribution in [3.8, 4) is 28.6 Å². The maximum Gasteiger partial charge on any atom is 0.226 e. The molecule has 0 radical (unpaired) electrons. The lowest BCUT2D eigenvalue weighted by Crippen LogP contribution is -2.00. The monoisotopic (exact) mass is 437 g/mol. The van der Waals surface area contributed by atoms with Crippen LogP contribution in [-0.2, 0) is 12.2 Å². The normalized spacial score (nSPS) is 10.9. The first-order valence-corrected chi connectivity index (χ1v) is 11.0. The van der Waals surface area contributed by atoms with Crippen LogP contribution in [0.1, 0.15) is 25.6 Å². The number of methoxy groups -OCH3 is 1. The van der Waals surface area contributed by atoms with Crippen molar-refractivity contribution >= 4 is 11.8 Å². The quantitative estimate of drug-likeness (QED) is 0.352. The van der Waals surface area contributed by atoms with E-state index in [1.807, 2.05) is 66.9 Å². The second kappa shape index (κ2) is 9.65. The van der Waals surface area contributed by atoms with E-state index in [2.05, 4.69) is 20.4 Å². The Morgan fingerprint density at radius 3 is 2.45 bits per heavy atom. The number of aryl methyl sites for hydroxylation is 1. The van der Waals surface area contributed by atoms with Gasteiger partial charge in [-0.25, -0.2) is 0 Å². The average molecular weight is 438 g/mol. The molecule has 4 aromatic rings. The van der Waals surface area contributed by atoms with Crippen LogP contribution >= 0.6 is 11.8 Å². The van der Waals surface area contributed by atoms with Gasteiger partial charge in [0, 0.05) is 17.7 Å². The molecule has 2 aromatic carbocycles. The number of aromatic nitrogens is 5. The Hall–Kier alpha value is -3.33. The minimum atomic E-state index is 0.500. The number of hydrogen-bond acceptors (Lipinski definition) is 8. The summed E-state index contributed by atoms with van der Waals surface area (Å²) in [5.41, 5.74) is 1.83. The van der Waals surface area contributed by atoms with Crippen molar-refractivity contribution in [2.75, 3.05) is 13.7 Å². The van der Waals surface area contributed by atoms with E-state index < -0.39 is 0 Å². The summed E-state index contributed by atoms with van der Waals surface area (Å²) in [7, 11) is 1.65. The zero-order valence-electron chi connectivity index (χ0n) is 17.6. The van der Waals surface area contributed by atoms with Crippen LogP contribution in [0.2, 0.25) is 0 Å².